The molecule has 0 N–H and O–H groups in total. The summed E-state index contributed by atoms with van der Waals surface area (Å²) in [6.45, 7) is 6.21. The molecule has 0 aromatic heterocycles. The van der Waals surface area contributed by atoms with Gasteiger partial charge in [0.25, 0.3) is 0 Å². The average molecular weight is 192 g/mol. The molecule has 72 valence electrons. The van der Waals surface area contributed by atoms with Gasteiger partial charge in [-0.3, -0.25) is 4.90 Å². The minimum atomic E-state index is -0.681. The highest BCUT2D eigenvalue weighted by Gasteiger charge is 2.20. The van der Waals surface area contributed by atoms with Gasteiger partial charge < -0.3 is 0 Å². The van der Waals surface area contributed by atoms with Gasteiger partial charge in [0, 0.05) is 26.2 Å². The summed E-state index contributed by atoms with van der Waals surface area (Å²) in [5, 5.41) is 0. The predicted molar refractivity (Wildman–Crippen MR) is 52.1 cm³/mol. The van der Waals surface area contributed by atoms with Crippen molar-refractivity contribution in [3.05, 3.63) is 0 Å². The van der Waals surface area contributed by atoms with Crippen LogP contribution in [-0.2, 0) is 0 Å². The second-order valence-corrected chi connectivity index (χ2v) is 3.94. The van der Waals surface area contributed by atoms with Crippen LogP contribution in [0, 0.1) is 0 Å². The summed E-state index contributed by atoms with van der Waals surface area (Å²) in [5.74, 6) is 0. The Morgan fingerprint density at radius 2 is 2.17 bits per heavy atom. The van der Waals surface area contributed by atoms with Gasteiger partial charge in [0.15, 0.2) is 0 Å². The second kappa shape index (κ2) is 5.04. The standard InChI is InChI=1S/C8H17FN2S/c1-3-10-4-5-11(12-2)7-8(9)6-10/h8H,3-7H2,1-2H3. The molecule has 1 atom stereocenters. The maximum Gasteiger partial charge on any atom is 0.126 e. The fraction of sp³-hybridized carbons (Fsp3) is 1.00. The van der Waals surface area contributed by atoms with Crippen LogP contribution in [0.15, 0.2) is 0 Å². The molecule has 1 fully saturated rings. The first-order valence-corrected chi connectivity index (χ1v) is 5.60. The summed E-state index contributed by atoms with van der Waals surface area (Å²) >= 11 is 1.64. The van der Waals surface area contributed by atoms with Crippen molar-refractivity contribution >= 4 is 11.9 Å². The van der Waals surface area contributed by atoms with Crippen LogP contribution < -0.4 is 0 Å². The Hall–Kier alpha value is 0.200. The fourth-order valence-corrected chi connectivity index (χ4v) is 2.02. The minimum Gasteiger partial charge on any atom is -0.299 e. The zero-order valence-corrected chi connectivity index (χ0v) is 8.61. The van der Waals surface area contributed by atoms with Gasteiger partial charge in [0.05, 0.1) is 0 Å². The third-order valence-electron chi connectivity index (χ3n) is 2.23. The first-order valence-electron chi connectivity index (χ1n) is 4.41. The van der Waals surface area contributed by atoms with Crippen molar-refractivity contribution in [1.82, 2.24) is 9.21 Å². The second-order valence-electron chi connectivity index (χ2n) is 3.06. The summed E-state index contributed by atoms with van der Waals surface area (Å²) in [5.41, 5.74) is 0. The van der Waals surface area contributed by atoms with Crippen LogP contribution in [0.2, 0.25) is 0 Å². The number of alkyl halides is 1. The SMILES string of the molecule is CCN1CCN(SC)CC(F)C1. The van der Waals surface area contributed by atoms with Crippen molar-refractivity contribution in [2.75, 3.05) is 39.0 Å². The van der Waals surface area contributed by atoms with Gasteiger partial charge in [-0.15, -0.1) is 0 Å². The molecule has 1 saturated heterocycles. The molecule has 12 heavy (non-hydrogen) atoms. The lowest BCUT2D eigenvalue weighted by molar-refractivity contribution is 0.221. The van der Waals surface area contributed by atoms with Gasteiger partial charge in [-0.1, -0.05) is 18.9 Å². The molecule has 1 rings (SSSR count). The van der Waals surface area contributed by atoms with E-state index in [1.807, 2.05) is 6.26 Å². The van der Waals surface area contributed by atoms with Crippen molar-refractivity contribution in [3.63, 3.8) is 0 Å². The number of likely N-dealkylation sites (N-methyl/N-ethyl adjacent to an activating group) is 1. The molecular weight excluding hydrogens is 175 g/mol. The van der Waals surface area contributed by atoms with E-state index >= 15 is 0 Å². The van der Waals surface area contributed by atoms with Crippen LogP contribution in [0.4, 0.5) is 4.39 Å². The Kier molecular flexibility index (Phi) is 4.32. The number of nitrogens with zero attached hydrogens (tertiary/aromatic N) is 2. The van der Waals surface area contributed by atoms with Crippen molar-refractivity contribution in [2.45, 2.75) is 13.1 Å². The summed E-state index contributed by atoms with van der Waals surface area (Å²) in [6, 6.07) is 0. The molecule has 0 aliphatic carbocycles. The molecule has 2 nitrogen and oxygen atoms in total. The fourth-order valence-electron chi connectivity index (χ4n) is 1.45. The van der Waals surface area contributed by atoms with Crippen LogP contribution in [0.25, 0.3) is 0 Å². The zero-order valence-electron chi connectivity index (χ0n) is 7.79. The Labute approximate surface area is 78.2 Å². The van der Waals surface area contributed by atoms with E-state index in [4.69, 9.17) is 0 Å². The number of rotatable bonds is 2. The molecule has 0 radical (unpaired) electrons. The summed E-state index contributed by atoms with van der Waals surface area (Å²) in [4.78, 5) is 2.17. The van der Waals surface area contributed by atoms with Gasteiger partial charge in [-0.05, 0) is 12.8 Å². The topological polar surface area (TPSA) is 6.48 Å². The normalized spacial score (nSPS) is 28.8. The monoisotopic (exact) mass is 192 g/mol. The minimum absolute atomic E-state index is 0.581. The molecule has 0 aromatic carbocycles. The van der Waals surface area contributed by atoms with E-state index in [-0.39, 0.29) is 0 Å². The molecule has 0 spiro atoms. The molecule has 1 heterocycles. The Morgan fingerprint density at radius 1 is 1.42 bits per heavy atom. The Bertz CT molecular complexity index is 120. The smallest absolute Gasteiger partial charge is 0.126 e. The van der Waals surface area contributed by atoms with Gasteiger partial charge in [0.1, 0.15) is 6.17 Å². The number of halogens is 1. The molecule has 1 unspecified atom stereocenters. The van der Waals surface area contributed by atoms with E-state index in [9.17, 15) is 4.39 Å². The van der Waals surface area contributed by atoms with E-state index in [2.05, 4.69) is 16.1 Å². The van der Waals surface area contributed by atoms with E-state index in [0.29, 0.717) is 13.1 Å². The van der Waals surface area contributed by atoms with Crippen molar-refractivity contribution < 1.29 is 4.39 Å². The molecule has 0 bridgehead atoms. The third-order valence-corrected chi connectivity index (χ3v) is 3.08. The number of hydrogen-bond acceptors (Lipinski definition) is 3. The highest BCUT2D eigenvalue weighted by molar-refractivity contribution is 7.96. The van der Waals surface area contributed by atoms with Gasteiger partial charge in [0.2, 0.25) is 0 Å². The Morgan fingerprint density at radius 3 is 2.75 bits per heavy atom. The molecule has 0 amide bonds. The number of hydrogen-bond donors (Lipinski definition) is 0. The first-order chi connectivity index (χ1) is 5.76. The van der Waals surface area contributed by atoms with Crippen LogP contribution in [0.3, 0.4) is 0 Å². The molecule has 0 saturated carbocycles. The first kappa shape index (κ1) is 10.3. The van der Waals surface area contributed by atoms with E-state index < -0.39 is 6.17 Å². The molecule has 1 aliphatic rings. The maximum atomic E-state index is 13.2. The highest BCUT2D eigenvalue weighted by Crippen LogP contribution is 2.12. The van der Waals surface area contributed by atoms with Crippen molar-refractivity contribution in [2.24, 2.45) is 0 Å². The van der Waals surface area contributed by atoms with E-state index in [1.54, 1.807) is 11.9 Å². The molecule has 4 heteroatoms. The molecular formula is C8H17FN2S. The zero-order chi connectivity index (χ0) is 8.97. The van der Waals surface area contributed by atoms with E-state index in [0.717, 1.165) is 19.6 Å². The lowest BCUT2D eigenvalue weighted by Gasteiger charge is -2.17. The predicted octanol–water partition coefficient (Wildman–Crippen LogP) is 1.24. The Balaban J connectivity index is 2.41. The quantitative estimate of drug-likeness (QED) is 0.608. The van der Waals surface area contributed by atoms with Crippen LogP contribution in [0.1, 0.15) is 6.92 Å². The molecule has 1 aliphatic heterocycles. The average Bonchev–Trinajstić information content (AvgIpc) is 2.26. The lowest BCUT2D eigenvalue weighted by Crippen LogP contribution is -2.30. The van der Waals surface area contributed by atoms with Crippen molar-refractivity contribution in [1.29, 1.82) is 0 Å². The summed E-state index contributed by atoms with van der Waals surface area (Å²) < 4.78 is 15.3. The van der Waals surface area contributed by atoms with E-state index in [1.165, 1.54) is 0 Å². The highest BCUT2D eigenvalue weighted by atomic mass is 32.2. The van der Waals surface area contributed by atoms with Crippen LogP contribution >= 0.6 is 11.9 Å². The van der Waals surface area contributed by atoms with Crippen molar-refractivity contribution in [3.8, 4) is 0 Å². The third kappa shape index (κ3) is 2.92. The van der Waals surface area contributed by atoms with Gasteiger partial charge in [-0.2, -0.15) is 0 Å². The lowest BCUT2D eigenvalue weighted by atomic mass is 10.3. The summed E-state index contributed by atoms with van der Waals surface area (Å²) in [6.07, 6.45) is 1.33. The van der Waals surface area contributed by atoms with Gasteiger partial charge in [-0.25, -0.2) is 8.70 Å². The van der Waals surface area contributed by atoms with Crippen LogP contribution in [-0.4, -0.2) is 54.4 Å². The van der Waals surface area contributed by atoms with Crippen LogP contribution in [0.5, 0.6) is 0 Å². The summed E-state index contributed by atoms with van der Waals surface area (Å²) in [7, 11) is 0. The molecule has 0 aromatic rings. The maximum absolute atomic E-state index is 13.2. The largest absolute Gasteiger partial charge is 0.299 e. The van der Waals surface area contributed by atoms with Gasteiger partial charge >= 0.3 is 0 Å².